The quantitative estimate of drug-likeness (QED) is 0.577. The molecule has 0 aromatic rings. The highest BCUT2D eigenvalue weighted by atomic mass is 16.7. The van der Waals surface area contributed by atoms with Gasteiger partial charge in [-0.2, -0.15) is 0 Å². The topological polar surface area (TPSA) is 18.5 Å². The van der Waals surface area contributed by atoms with Gasteiger partial charge >= 0.3 is 0 Å². The van der Waals surface area contributed by atoms with E-state index in [1.807, 2.05) is 0 Å². The number of hydrogen-bond donors (Lipinski definition) is 0. The highest BCUT2D eigenvalue weighted by Crippen LogP contribution is 2.28. The second kappa shape index (κ2) is 8.08. The molecule has 0 saturated carbocycles. The first-order valence-electron chi connectivity index (χ1n) is 7.11. The summed E-state index contributed by atoms with van der Waals surface area (Å²) in [6.45, 7) is 6.19. The highest BCUT2D eigenvalue weighted by Gasteiger charge is 2.31. The Labute approximate surface area is 101 Å². The van der Waals surface area contributed by atoms with Gasteiger partial charge in [-0.3, -0.25) is 0 Å². The summed E-state index contributed by atoms with van der Waals surface area (Å²) in [5.41, 5.74) is 0. The molecule has 1 saturated heterocycles. The Bertz CT molecular complexity index is 162. The Morgan fingerprint density at radius 2 is 1.50 bits per heavy atom. The molecule has 1 fully saturated rings. The molecular weight excluding hydrogens is 200 g/mol. The molecule has 0 atom stereocenters. The van der Waals surface area contributed by atoms with E-state index in [0.29, 0.717) is 0 Å². The van der Waals surface area contributed by atoms with E-state index in [2.05, 4.69) is 13.8 Å². The number of hydrogen-bond acceptors (Lipinski definition) is 2. The van der Waals surface area contributed by atoms with Crippen LogP contribution in [0.15, 0.2) is 0 Å². The number of unbranched alkanes of at least 4 members (excludes halogenated alkanes) is 5. The van der Waals surface area contributed by atoms with Crippen LogP contribution in [-0.2, 0) is 9.47 Å². The third-order valence-corrected chi connectivity index (χ3v) is 3.47. The minimum Gasteiger partial charge on any atom is -0.350 e. The van der Waals surface area contributed by atoms with Gasteiger partial charge in [-0.1, -0.05) is 46.0 Å². The molecule has 96 valence electrons. The molecule has 0 unspecified atom stereocenters. The standard InChI is InChI=1S/C14H28O2/c1-3-5-6-7-8-9-11-14(4-2)15-12-10-13-16-14/h3-13H2,1-2H3. The van der Waals surface area contributed by atoms with Crippen molar-refractivity contribution in [1.29, 1.82) is 0 Å². The van der Waals surface area contributed by atoms with Gasteiger partial charge in [-0.05, 0) is 19.3 Å². The van der Waals surface area contributed by atoms with Gasteiger partial charge < -0.3 is 9.47 Å². The lowest BCUT2D eigenvalue weighted by atomic mass is 10.0. The van der Waals surface area contributed by atoms with Crippen LogP contribution in [0.5, 0.6) is 0 Å². The van der Waals surface area contributed by atoms with Gasteiger partial charge in [0, 0.05) is 6.42 Å². The van der Waals surface area contributed by atoms with Gasteiger partial charge in [-0.25, -0.2) is 0 Å². The Morgan fingerprint density at radius 3 is 2.12 bits per heavy atom. The SMILES string of the molecule is CCCCCCCCC1(CC)OCCCO1. The fraction of sp³-hybridized carbons (Fsp3) is 1.00. The molecule has 0 aliphatic carbocycles. The Balaban J connectivity index is 2.08. The Kier molecular flexibility index (Phi) is 7.06. The van der Waals surface area contributed by atoms with Gasteiger partial charge in [0.25, 0.3) is 0 Å². The van der Waals surface area contributed by atoms with E-state index in [9.17, 15) is 0 Å². The molecule has 1 aliphatic heterocycles. The van der Waals surface area contributed by atoms with E-state index in [1.165, 1.54) is 38.5 Å². The summed E-state index contributed by atoms with van der Waals surface area (Å²) in [6.07, 6.45) is 11.2. The van der Waals surface area contributed by atoms with Crippen LogP contribution < -0.4 is 0 Å². The minimum absolute atomic E-state index is 0.233. The molecule has 1 rings (SSSR count). The lowest BCUT2D eigenvalue weighted by Gasteiger charge is -2.36. The third kappa shape index (κ3) is 4.84. The van der Waals surface area contributed by atoms with Crippen molar-refractivity contribution in [2.75, 3.05) is 13.2 Å². The zero-order valence-corrected chi connectivity index (χ0v) is 11.1. The fourth-order valence-corrected chi connectivity index (χ4v) is 2.32. The third-order valence-electron chi connectivity index (χ3n) is 3.47. The molecule has 1 heterocycles. The van der Waals surface area contributed by atoms with Crippen molar-refractivity contribution in [3.8, 4) is 0 Å². The molecule has 0 amide bonds. The zero-order valence-electron chi connectivity index (χ0n) is 11.1. The van der Waals surface area contributed by atoms with Crippen molar-refractivity contribution in [2.45, 2.75) is 77.4 Å². The van der Waals surface area contributed by atoms with E-state index in [4.69, 9.17) is 9.47 Å². The van der Waals surface area contributed by atoms with Crippen LogP contribution in [-0.4, -0.2) is 19.0 Å². The number of rotatable bonds is 8. The van der Waals surface area contributed by atoms with Crippen LogP contribution in [0.1, 0.15) is 71.6 Å². The maximum atomic E-state index is 5.82. The molecule has 0 aromatic carbocycles. The summed E-state index contributed by atoms with van der Waals surface area (Å²) < 4.78 is 11.6. The summed E-state index contributed by atoms with van der Waals surface area (Å²) in [5.74, 6) is -0.233. The zero-order chi connectivity index (χ0) is 11.7. The normalized spacial score (nSPS) is 19.9. The highest BCUT2D eigenvalue weighted by molar-refractivity contribution is 4.71. The van der Waals surface area contributed by atoms with Gasteiger partial charge in [0.05, 0.1) is 13.2 Å². The smallest absolute Gasteiger partial charge is 0.168 e. The molecule has 2 heteroatoms. The minimum atomic E-state index is -0.233. The average Bonchev–Trinajstić information content (AvgIpc) is 2.35. The van der Waals surface area contributed by atoms with Crippen molar-refractivity contribution >= 4 is 0 Å². The van der Waals surface area contributed by atoms with Crippen LogP contribution >= 0.6 is 0 Å². The lowest BCUT2D eigenvalue weighted by molar-refractivity contribution is -0.271. The van der Waals surface area contributed by atoms with Crippen molar-refractivity contribution < 1.29 is 9.47 Å². The fourth-order valence-electron chi connectivity index (χ4n) is 2.32. The largest absolute Gasteiger partial charge is 0.350 e. The molecule has 16 heavy (non-hydrogen) atoms. The van der Waals surface area contributed by atoms with Gasteiger partial charge in [0.2, 0.25) is 0 Å². The molecule has 0 aromatic heterocycles. The van der Waals surface area contributed by atoms with E-state index in [0.717, 1.165) is 32.5 Å². The predicted molar refractivity (Wildman–Crippen MR) is 67.5 cm³/mol. The summed E-state index contributed by atoms with van der Waals surface area (Å²) in [5, 5.41) is 0. The van der Waals surface area contributed by atoms with E-state index >= 15 is 0 Å². The van der Waals surface area contributed by atoms with Crippen molar-refractivity contribution in [2.24, 2.45) is 0 Å². The summed E-state index contributed by atoms with van der Waals surface area (Å²) in [6, 6.07) is 0. The lowest BCUT2D eigenvalue weighted by Crippen LogP contribution is -2.39. The summed E-state index contributed by atoms with van der Waals surface area (Å²) in [4.78, 5) is 0. The van der Waals surface area contributed by atoms with Gasteiger partial charge in [-0.15, -0.1) is 0 Å². The van der Waals surface area contributed by atoms with Crippen molar-refractivity contribution in [1.82, 2.24) is 0 Å². The first-order chi connectivity index (χ1) is 7.83. The molecule has 0 radical (unpaired) electrons. The first kappa shape index (κ1) is 14.0. The average molecular weight is 228 g/mol. The van der Waals surface area contributed by atoms with E-state index in [-0.39, 0.29) is 5.79 Å². The van der Waals surface area contributed by atoms with Crippen LogP contribution in [0.4, 0.5) is 0 Å². The second-order valence-electron chi connectivity index (χ2n) is 4.83. The van der Waals surface area contributed by atoms with Crippen LogP contribution in [0.2, 0.25) is 0 Å². The summed E-state index contributed by atoms with van der Waals surface area (Å²) >= 11 is 0. The number of ether oxygens (including phenoxy) is 2. The molecule has 0 bridgehead atoms. The molecule has 0 N–H and O–H groups in total. The predicted octanol–water partition coefficient (Wildman–Crippen LogP) is 4.28. The van der Waals surface area contributed by atoms with E-state index < -0.39 is 0 Å². The molecule has 1 aliphatic rings. The first-order valence-corrected chi connectivity index (χ1v) is 7.11. The summed E-state index contributed by atoms with van der Waals surface area (Å²) in [7, 11) is 0. The van der Waals surface area contributed by atoms with E-state index in [1.54, 1.807) is 0 Å². The Hall–Kier alpha value is -0.0800. The van der Waals surface area contributed by atoms with Gasteiger partial charge in [0.1, 0.15) is 0 Å². The van der Waals surface area contributed by atoms with Crippen LogP contribution in [0.25, 0.3) is 0 Å². The second-order valence-corrected chi connectivity index (χ2v) is 4.83. The van der Waals surface area contributed by atoms with Crippen LogP contribution in [0, 0.1) is 0 Å². The molecule has 0 spiro atoms. The maximum Gasteiger partial charge on any atom is 0.168 e. The monoisotopic (exact) mass is 228 g/mol. The van der Waals surface area contributed by atoms with Crippen LogP contribution in [0.3, 0.4) is 0 Å². The maximum absolute atomic E-state index is 5.82. The van der Waals surface area contributed by atoms with Crippen molar-refractivity contribution in [3.63, 3.8) is 0 Å². The van der Waals surface area contributed by atoms with Gasteiger partial charge in [0.15, 0.2) is 5.79 Å². The Morgan fingerprint density at radius 1 is 0.875 bits per heavy atom. The molecule has 2 nitrogen and oxygen atoms in total. The van der Waals surface area contributed by atoms with Crippen molar-refractivity contribution in [3.05, 3.63) is 0 Å². The molecular formula is C14H28O2.